The van der Waals surface area contributed by atoms with Crippen molar-refractivity contribution in [3.05, 3.63) is 29.8 Å². The zero-order valence-electron chi connectivity index (χ0n) is 9.52. The maximum Gasteiger partial charge on any atom is 0.119 e. The van der Waals surface area contributed by atoms with E-state index in [-0.39, 0.29) is 6.42 Å². The highest BCUT2D eigenvalue weighted by atomic mass is 16.5. The van der Waals surface area contributed by atoms with E-state index in [9.17, 15) is 5.11 Å². The Morgan fingerprint density at radius 3 is 2.62 bits per heavy atom. The lowest BCUT2D eigenvalue weighted by Crippen LogP contribution is -2.10. The van der Waals surface area contributed by atoms with Crippen molar-refractivity contribution in [3.8, 4) is 11.8 Å². The second-order valence-corrected chi connectivity index (χ2v) is 3.65. The average molecular weight is 219 g/mol. The molecule has 16 heavy (non-hydrogen) atoms. The van der Waals surface area contributed by atoms with Crippen molar-refractivity contribution < 1.29 is 9.84 Å². The monoisotopic (exact) mass is 219 g/mol. The van der Waals surface area contributed by atoms with E-state index in [1.54, 1.807) is 0 Å². The third kappa shape index (κ3) is 4.33. The molecule has 0 saturated carbocycles. The summed E-state index contributed by atoms with van der Waals surface area (Å²) in [5, 5.41) is 17.7. The molecule has 0 amide bonds. The van der Waals surface area contributed by atoms with Crippen LogP contribution in [0.2, 0.25) is 0 Å². The van der Waals surface area contributed by atoms with Gasteiger partial charge in [0.05, 0.1) is 25.2 Å². The first-order valence-corrected chi connectivity index (χ1v) is 5.53. The number of rotatable bonds is 6. The maximum absolute atomic E-state index is 9.31. The molecule has 0 fully saturated rings. The van der Waals surface area contributed by atoms with Crippen molar-refractivity contribution in [1.29, 1.82) is 5.26 Å². The minimum Gasteiger partial charge on any atom is -0.493 e. The van der Waals surface area contributed by atoms with E-state index in [0.29, 0.717) is 13.0 Å². The van der Waals surface area contributed by atoms with Crippen molar-refractivity contribution in [1.82, 2.24) is 0 Å². The van der Waals surface area contributed by atoms with E-state index in [1.807, 2.05) is 30.3 Å². The third-order valence-corrected chi connectivity index (χ3v) is 2.38. The van der Waals surface area contributed by atoms with Gasteiger partial charge in [0, 0.05) is 6.42 Å². The SMILES string of the molecule is CCc1ccc(OCCC(O)CC#N)cc1. The van der Waals surface area contributed by atoms with Gasteiger partial charge in [0.15, 0.2) is 0 Å². The Morgan fingerprint density at radius 1 is 1.38 bits per heavy atom. The first-order chi connectivity index (χ1) is 7.76. The summed E-state index contributed by atoms with van der Waals surface area (Å²) in [4.78, 5) is 0. The van der Waals surface area contributed by atoms with Crippen LogP contribution in [0.15, 0.2) is 24.3 Å². The van der Waals surface area contributed by atoms with E-state index >= 15 is 0 Å². The van der Waals surface area contributed by atoms with E-state index in [1.165, 1.54) is 5.56 Å². The first kappa shape index (κ1) is 12.5. The van der Waals surface area contributed by atoms with Gasteiger partial charge in [0.2, 0.25) is 0 Å². The van der Waals surface area contributed by atoms with Crippen LogP contribution < -0.4 is 4.74 Å². The van der Waals surface area contributed by atoms with Crippen LogP contribution in [0.4, 0.5) is 0 Å². The van der Waals surface area contributed by atoms with Crippen LogP contribution >= 0.6 is 0 Å². The van der Waals surface area contributed by atoms with E-state index in [2.05, 4.69) is 6.92 Å². The molecule has 86 valence electrons. The number of nitriles is 1. The van der Waals surface area contributed by atoms with Crippen LogP contribution in [0, 0.1) is 11.3 Å². The summed E-state index contributed by atoms with van der Waals surface area (Å²) in [7, 11) is 0. The van der Waals surface area contributed by atoms with Crippen LogP contribution in [-0.2, 0) is 6.42 Å². The largest absolute Gasteiger partial charge is 0.493 e. The second kappa shape index (κ2) is 6.86. The Kier molecular flexibility index (Phi) is 5.38. The summed E-state index contributed by atoms with van der Waals surface area (Å²) in [6.07, 6.45) is 1.09. The summed E-state index contributed by atoms with van der Waals surface area (Å²) in [6, 6.07) is 9.84. The average Bonchev–Trinajstić information content (AvgIpc) is 2.30. The first-order valence-electron chi connectivity index (χ1n) is 5.53. The number of ether oxygens (including phenoxy) is 1. The van der Waals surface area contributed by atoms with Gasteiger partial charge < -0.3 is 9.84 Å². The van der Waals surface area contributed by atoms with Gasteiger partial charge in [-0.3, -0.25) is 0 Å². The Labute approximate surface area is 96.3 Å². The minimum atomic E-state index is -0.583. The van der Waals surface area contributed by atoms with Crippen molar-refractivity contribution in [2.75, 3.05) is 6.61 Å². The van der Waals surface area contributed by atoms with Gasteiger partial charge in [0.25, 0.3) is 0 Å². The highest BCUT2D eigenvalue weighted by Crippen LogP contribution is 2.13. The molecule has 0 aromatic heterocycles. The van der Waals surface area contributed by atoms with Crippen LogP contribution in [0.3, 0.4) is 0 Å². The molecule has 0 aliphatic heterocycles. The van der Waals surface area contributed by atoms with Crippen molar-refractivity contribution >= 4 is 0 Å². The molecule has 1 unspecified atom stereocenters. The molecule has 0 bridgehead atoms. The standard InChI is InChI=1S/C13H17NO2/c1-2-11-3-5-13(6-4-11)16-10-8-12(15)7-9-14/h3-6,12,15H,2,7-8,10H2,1H3. The molecule has 1 atom stereocenters. The van der Waals surface area contributed by atoms with E-state index in [4.69, 9.17) is 10.00 Å². The Balaban J connectivity index is 2.29. The van der Waals surface area contributed by atoms with Gasteiger partial charge >= 0.3 is 0 Å². The highest BCUT2D eigenvalue weighted by Gasteiger charge is 2.03. The number of aliphatic hydroxyl groups is 1. The maximum atomic E-state index is 9.31. The fraction of sp³-hybridized carbons (Fsp3) is 0.462. The van der Waals surface area contributed by atoms with Crippen LogP contribution in [0.1, 0.15) is 25.3 Å². The Hall–Kier alpha value is -1.53. The van der Waals surface area contributed by atoms with Crippen molar-refractivity contribution in [2.24, 2.45) is 0 Å². The molecular weight excluding hydrogens is 202 g/mol. The lowest BCUT2D eigenvalue weighted by Gasteiger charge is -2.09. The molecule has 1 N–H and O–H groups in total. The summed E-state index contributed by atoms with van der Waals surface area (Å²) in [5.74, 6) is 0.807. The minimum absolute atomic E-state index is 0.165. The molecule has 0 aliphatic rings. The molecule has 0 saturated heterocycles. The quantitative estimate of drug-likeness (QED) is 0.798. The molecule has 1 aromatic rings. The molecule has 0 radical (unpaired) electrons. The second-order valence-electron chi connectivity index (χ2n) is 3.65. The lowest BCUT2D eigenvalue weighted by atomic mass is 10.2. The van der Waals surface area contributed by atoms with Gasteiger partial charge in [-0.1, -0.05) is 19.1 Å². The fourth-order valence-electron chi connectivity index (χ4n) is 1.34. The van der Waals surface area contributed by atoms with Crippen LogP contribution in [-0.4, -0.2) is 17.8 Å². The zero-order valence-corrected chi connectivity index (χ0v) is 9.52. The van der Waals surface area contributed by atoms with Crippen molar-refractivity contribution in [3.63, 3.8) is 0 Å². The normalized spacial score (nSPS) is 11.8. The van der Waals surface area contributed by atoms with Crippen molar-refractivity contribution in [2.45, 2.75) is 32.3 Å². The number of aliphatic hydroxyl groups excluding tert-OH is 1. The molecule has 1 rings (SSSR count). The number of hydrogen-bond donors (Lipinski definition) is 1. The number of nitrogens with zero attached hydrogens (tertiary/aromatic N) is 1. The highest BCUT2D eigenvalue weighted by molar-refractivity contribution is 5.27. The molecular formula is C13H17NO2. The molecule has 0 heterocycles. The summed E-state index contributed by atoms with van der Waals surface area (Å²) in [6.45, 7) is 2.54. The van der Waals surface area contributed by atoms with Gasteiger partial charge in [-0.2, -0.15) is 5.26 Å². The molecule has 0 aliphatic carbocycles. The molecule has 0 spiro atoms. The molecule has 1 aromatic carbocycles. The summed E-state index contributed by atoms with van der Waals surface area (Å²) in [5.41, 5.74) is 1.27. The fourth-order valence-corrected chi connectivity index (χ4v) is 1.34. The Morgan fingerprint density at radius 2 is 2.06 bits per heavy atom. The number of benzene rings is 1. The Bertz CT molecular complexity index is 340. The zero-order chi connectivity index (χ0) is 11.8. The molecule has 3 heteroatoms. The number of hydrogen-bond acceptors (Lipinski definition) is 3. The van der Waals surface area contributed by atoms with E-state index in [0.717, 1.165) is 12.2 Å². The van der Waals surface area contributed by atoms with Crippen LogP contribution in [0.25, 0.3) is 0 Å². The predicted molar refractivity (Wildman–Crippen MR) is 62.2 cm³/mol. The summed E-state index contributed by atoms with van der Waals surface area (Å²) < 4.78 is 5.45. The predicted octanol–water partition coefficient (Wildman–Crippen LogP) is 2.29. The number of aryl methyl sites for hydroxylation is 1. The molecule has 3 nitrogen and oxygen atoms in total. The van der Waals surface area contributed by atoms with Gasteiger partial charge in [-0.15, -0.1) is 0 Å². The lowest BCUT2D eigenvalue weighted by molar-refractivity contribution is 0.143. The van der Waals surface area contributed by atoms with Gasteiger partial charge in [-0.25, -0.2) is 0 Å². The van der Waals surface area contributed by atoms with Gasteiger partial charge in [-0.05, 0) is 24.1 Å². The smallest absolute Gasteiger partial charge is 0.119 e. The van der Waals surface area contributed by atoms with Gasteiger partial charge in [0.1, 0.15) is 5.75 Å². The summed E-state index contributed by atoms with van der Waals surface area (Å²) >= 11 is 0. The van der Waals surface area contributed by atoms with E-state index < -0.39 is 6.10 Å². The third-order valence-electron chi connectivity index (χ3n) is 2.38. The van der Waals surface area contributed by atoms with Crippen LogP contribution in [0.5, 0.6) is 5.75 Å². The topological polar surface area (TPSA) is 53.2 Å².